The van der Waals surface area contributed by atoms with Crippen LogP contribution in [0.25, 0.3) is 28.2 Å². The maximum Gasteiger partial charge on any atom is 0.250 e. The van der Waals surface area contributed by atoms with Gasteiger partial charge in [0.15, 0.2) is 4.91 Å². The summed E-state index contributed by atoms with van der Waals surface area (Å²) in [5.74, 6) is 0.858. The van der Waals surface area contributed by atoms with Crippen LogP contribution in [0.1, 0.15) is 5.76 Å². The van der Waals surface area contributed by atoms with Gasteiger partial charge in [-0.15, -0.1) is 0 Å². The van der Waals surface area contributed by atoms with Gasteiger partial charge in [0, 0.05) is 57.2 Å². The lowest BCUT2D eigenvalue weighted by molar-refractivity contribution is 0.0398. The predicted molar refractivity (Wildman–Crippen MR) is 140 cm³/mol. The second-order valence-electron chi connectivity index (χ2n) is 8.37. The molecule has 1 aliphatic rings. The van der Waals surface area contributed by atoms with Crippen LogP contribution in [-0.4, -0.2) is 73.0 Å². The van der Waals surface area contributed by atoms with E-state index < -0.39 is 14.9 Å². The normalized spacial score (nSPS) is 15.2. The number of morpholine rings is 1. The summed E-state index contributed by atoms with van der Waals surface area (Å²) in [5, 5.41) is 15.0. The van der Waals surface area contributed by atoms with Crippen LogP contribution < -0.4 is 10.0 Å². The molecule has 9 nitrogen and oxygen atoms in total. The molecular formula is C26H30N4O5S. The number of methoxy groups -OCH3 is 1. The number of hydrogen-bond donors (Lipinski definition) is 2. The zero-order chi connectivity index (χ0) is 25.4. The number of rotatable bonds is 11. The van der Waals surface area contributed by atoms with Crippen LogP contribution in [0.5, 0.6) is 0 Å². The van der Waals surface area contributed by atoms with E-state index in [9.17, 15) is 13.7 Å². The van der Waals surface area contributed by atoms with Gasteiger partial charge in [0.25, 0.3) is 10.0 Å². The molecule has 10 heteroatoms. The molecule has 0 spiro atoms. The topological polar surface area (TPSA) is 117 Å². The summed E-state index contributed by atoms with van der Waals surface area (Å²) in [7, 11) is -2.48. The summed E-state index contributed by atoms with van der Waals surface area (Å²) >= 11 is 0. The fourth-order valence-electron chi connectivity index (χ4n) is 3.93. The standard InChI is InChI=1S/C26H30N4O5S/c1-33-13-9-29-36(31,32)25(19-27)18-24-6-7-26(35-24)22-3-2-21-17-23(5-4-20(21)16-22)28-8-10-30-11-14-34-15-12-30/h2-7,16-18,28-29H,8-15H2,1H3/b25-18+. The maximum absolute atomic E-state index is 12.3. The van der Waals surface area contributed by atoms with Crippen molar-refractivity contribution in [2.24, 2.45) is 0 Å². The Morgan fingerprint density at radius 3 is 2.67 bits per heavy atom. The quantitative estimate of drug-likeness (QED) is 0.298. The van der Waals surface area contributed by atoms with E-state index in [0.29, 0.717) is 5.76 Å². The highest BCUT2D eigenvalue weighted by atomic mass is 32.2. The number of nitrogens with zero attached hydrogens (tertiary/aromatic N) is 2. The first-order chi connectivity index (χ1) is 17.5. The minimum Gasteiger partial charge on any atom is -0.457 e. The number of furan rings is 1. The van der Waals surface area contributed by atoms with Crippen molar-refractivity contribution in [1.29, 1.82) is 5.26 Å². The van der Waals surface area contributed by atoms with Gasteiger partial charge in [0.2, 0.25) is 0 Å². The smallest absolute Gasteiger partial charge is 0.250 e. The van der Waals surface area contributed by atoms with E-state index in [1.165, 1.54) is 13.2 Å². The molecule has 190 valence electrons. The maximum atomic E-state index is 12.3. The Hall–Kier alpha value is -3.20. The molecule has 1 aromatic heterocycles. The van der Waals surface area contributed by atoms with Crippen molar-refractivity contribution in [3.8, 4) is 17.4 Å². The van der Waals surface area contributed by atoms with Crippen molar-refractivity contribution in [1.82, 2.24) is 9.62 Å². The molecule has 36 heavy (non-hydrogen) atoms. The number of benzene rings is 2. The largest absolute Gasteiger partial charge is 0.457 e. The molecule has 0 saturated carbocycles. The average Bonchev–Trinajstić information content (AvgIpc) is 3.36. The van der Waals surface area contributed by atoms with Gasteiger partial charge in [-0.3, -0.25) is 4.90 Å². The third kappa shape index (κ3) is 6.72. The van der Waals surface area contributed by atoms with E-state index in [1.54, 1.807) is 18.2 Å². The van der Waals surface area contributed by atoms with Gasteiger partial charge < -0.3 is 19.2 Å². The van der Waals surface area contributed by atoms with Crippen LogP contribution in [-0.2, 0) is 19.5 Å². The number of allylic oxidation sites excluding steroid dienone is 1. The summed E-state index contributed by atoms with van der Waals surface area (Å²) in [6, 6.07) is 17.4. The highest BCUT2D eigenvalue weighted by Crippen LogP contribution is 2.28. The molecule has 0 unspecified atom stereocenters. The Morgan fingerprint density at radius 2 is 1.89 bits per heavy atom. The van der Waals surface area contributed by atoms with Gasteiger partial charge >= 0.3 is 0 Å². The predicted octanol–water partition coefficient (Wildman–Crippen LogP) is 3.27. The lowest BCUT2D eigenvalue weighted by atomic mass is 10.0. The Balaban J connectivity index is 1.43. The van der Waals surface area contributed by atoms with Gasteiger partial charge in [-0.05, 0) is 41.1 Å². The van der Waals surface area contributed by atoms with Crippen molar-refractivity contribution >= 4 is 32.6 Å². The molecule has 0 atom stereocenters. The summed E-state index contributed by atoms with van der Waals surface area (Å²) in [5.41, 5.74) is 1.92. The second-order valence-corrected chi connectivity index (χ2v) is 10.1. The molecule has 0 bridgehead atoms. The fourth-order valence-corrected chi connectivity index (χ4v) is 4.83. The first-order valence-corrected chi connectivity index (χ1v) is 13.3. The number of anilines is 1. The Kier molecular flexibility index (Phi) is 8.74. The lowest BCUT2D eigenvalue weighted by Crippen LogP contribution is -2.38. The van der Waals surface area contributed by atoms with E-state index in [-0.39, 0.29) is 18.9 Å². The molecule has 2 aromatic carbocycles. The SMILES string of the molecule is COCCNS(=O)(=O)/C(C#N)=C/c1ccc(-c2ccc3cc(NCCN4CCOCC4)ccc3c2)o1. The van der Waals surface area contributed by atoms with Crippen molar-refractivity contribution in [2.75, 3.05) is 65.0 Å². The molecule has 0 aliphatic carbocycles. The number of nitriles is 1. The first kappa shape index (κ1) is 25.9. The van der Waals surface area contributed by atoms with E-state index in [2.05, 4.69) is 33.1 Å². The minimum absolute atomic E-state index is 0.0729. The molecule has 3 aromatic rings. The third-order valence-corrected chi connectivity index (χ3v) is 7.26. The molecule has 1 fully saturated rings. The first-order valence-electron chi connectivity index (χ1n) is 11.8. The van der Waals surface area contributed by atoms with Gasteiger partial charge in [-0.1, -0.05) is 18.2 Å². The highest BCUT2D eigenvalue weighted by molar-refractivity contribution is 7.93. The number of sulfonamides is 1. The number of hydrogen-bond acceptors (Lipinski definition) is 8. The summed E-state index contributed by atoms with van der Waals surface area (Å²) < 4.78 is 43.0. The molecule has 2 heterocycles. The monoisotopic (exact) mass is 510 g/mol. The molecule has 4 rings (SSSR count). The van der Waals surface area contributed by atoms with Crippen molar-refractivity contribution in [3.63, 3.8) is 0 Å². The Bertz CT molecular complexity index is 1350. The van der Waals surface area contributed by atoms with Crippen LogP contribution in [0.15, 0.2) is 57.9 Å². The van der Waals surface area contributed by atoms with Crippen LogP contribution in [0.4, 0.5) is 5.69 Å². The summed E-state index contributed by atoms with van der Waals surface area (Å²) in [6.07, 6.45) is 1.22. The lowest BCUT2D eigenvalue weighted by Gasteiger charge is -2.26. The van der Waals surface area contributed by atoms with Crippen LogP contribution >= 0.6 is 0 Å². The molecule has 2 N–H and O–H groups in total. The second kappa shape index (κ2) is 12.2. The Morgan fingerprint density at radius 1 is 1.11 bits per heavy atom. The highest BCUT2D eigenvalue weighted by Gasteiger charge is 2.18. The van der Waals surface area contributed by atoms with Crippen molar-refractivity contribution in [2.45, 2.75) is 0 Å². The zero-order valence-corrected chi connectivity index (χ0v) is 21.0. The fraction of sp³-hybridized carbons (Fsp3) is 0.346. The average molecular weight is 511 g/mol. The Labute approximate surface area is 211 Å². The van der Waals surface area contributed by atoms with E-state index in [1.807, 2.05) is 18.2 Å². The molecule has 0 radical (unpaired) electrons. The van der Waals surface area contributed by atoms with Gasteiger partial charge in [0.05, 0.1) is 19.8 Å². The van der Waals surface area contributed by atoms with Gasteiger partial charge in [-0.2, -0.15) is 5.26 Å². The summed E-state index contributed by atoms with van der Waals surface area (Å²) in [6.45, 7) is 5.69. The van der Waals surface area contributed by atoms with Crippen molar-refractivity contribution in [3.05, 3.63) is 59.2 Å². The van der Waals surface area contributed by atoms with Crippen molar-refractivity contribution < 1.29 is 22.3 Å². The van der Waals surface area contributed by atoms with Gasteiger partial charge in [-0.25, -0.2) is 13.1 Å². The zero-order valence-electron chi connectivity index (χ0n) is 20.2. The van der Waals surface area contributed by atoms with E-state index >= 15 is 0 Å². The molecule has 1 aliphatic heterocycles. The van der Waals surface area contributed by atoms with Crippen LogP contribution in [0.2, 0.25) is 0 Å². The molecule has 0 amide bonds. The molecule has 1 saturated heterocycles. The molecular weight excluding hydrogens is 480 g/mol. The number of fused-ring (bicyclic) bond motifs is 1. The minimum atomic E-state index is -3.95. The number of ether oxygens (including phenoxy) is 2. The van der Waals surface area contributed by atoms with E-state index in [4.69, 9.17) is 13.9 Å². The van der Waals surface area contributed by atoms with Crippen LogP contribution in [0.3, 0.4) is 0 Å². The third-order valence-electron chi connectivity index (χ3n) is 5.88. The number of nitrogens with one attached hydrogen (secondary N) is 2. The van der Waals surface area contributed by atoms with E-state index in [0.717, 1.165) is 61.4 Å². The summed E-state index contributed by atoms with van der Waals surface area (Å²) in [4.78, 5) is 1.97. The van der Waals surface area contributed by atoms with Crippen LogP contribution in [0, 0.1) is 11.3 Å². The van der Waals surface area contributed by atoms with Gasteiger partial charge in [0.1, 0.15) is 17.6 Å².